The monoisotopic (exact) mass is 2140 g/mol. The van der Waals surface area contributed by atoms with Crippen molar-refractivity contribution in [3.05, 3.63) is 294 Å². The van der Waals surface area contributed by atoms with E-state index in [1.807, 2.05) is 0 Å². The normalized spacial score (nSPS) is 20.7. The molecule has 5 N–H and O–H groups in total. The quantitative estimate of drug-likeness (QED) is 0.0361. The molecule has 1 unspecified atom stereocenters. The van der Waals surface area contributed by atoms with Gasteiger partial charge in [-0.05, 0) is 341 Å². The Kier molecular flexibility index (Phi) is 22.4. The molecule has 45 heteroatoms. The number of nitrogens with zero attached hydrogens (tertiary/aromatic N) is 20. The summed E-state index contributed by atoms with van der Waals surface area (Å²) in [4.78, 5) is 176. The molecule has 10 aromatic rings. The molecule has 5 spiro atoms. The molecule has 0 bridgehead atoms. The van der Waals surface area contributed by atoms with Crippen LogP contribution in [0.4, 0.5) is 108 Å². The van der Waals surface area contributed by atoms with Gasteiger partial charge in [0.15, 0.2) is 25.6 Å². The summed E-state index contributed by atoms with van der Waals surface area (Å²) in [5.41, 5.74) is -8.82. The summed E-state index contributed by atoms with van der Waals surface area (Å²) in [6, 6.07) is 10.5. The molecule has 5 aromatic carbocycles. The van der Waals surface area contributed by atoms with E-state index >= 15 is 8.78 Å². The van der Waals surface area contributed by atoms with E-state index in [2.05, 4.69) is 65.1 Å². The van der Waals surface area contributed by atoms with Crippen LogP contribution in [0.15, 0.2) is 152 Å². The number of halogens is 5. The highest BCUT2D eigenvalue weighted by molar-refractivity contribution is 7.82. The Hall–Kier alpha value is -16.9. The molecule has 1 atom stereocenters. The number of carbonyl (C=O) groups is 10. The van der Waals surface area contributed by atoms with Gasteiger partial charge < -0.3 is 75.3 Å². The predicted molar refractivity (Wildman–Crippen MR) is 571 cm³/mol. The minimum absolute atomic E-state index is 0.000514. The summed E-state index contributed by atoms with van der Waals surface area (Å²) in [6.45, 7) is 37.7. The first kappa shape index (κ1) is 80.3. The number of aryl methyl sites for hydroxylation is 1. The molecule has 760 valence electrons. The standard InChI is InChI=1S/5C21H18FN5O2S/c5*1-12-9-14(11-25-17(12)23-2)26-19(29)21(7-4-8-21)27(20(26)30)13-5-6-15(16(22)10-13)18(28)24-3/h5*5-6,9-11H,4,7-8H2,1,3H3,(H,24,28)/i3D3,5D,9D,10D,11D;5D,9D,10D,11D;3D3,9D,11D;9D,11D;4D2,7D2. The highest BCUT2D eigenvalue weighted by Gasteiger charge is 2.65. The van der Waals surface area contributed by atoms with Gasteiger partial charge in [-0.15, -0.1) is 24.9 Å². The van der Waals surface area contributed by atoms with Crippen molar-refractivity contribution in [2.75, 3.05) is 84.1 Å². The van der Waals surface area contributed by atoms with Gasteiger partial charge in [-0.1, -0.05) is 32.9 Å². The van der Waals surface area contributed by atoms with Crippen molar-refractivity contribution in [1.29, 1.82) is 0 Å². The van der Waals surface area contributed by atoms with Crippen molar-refractivity contribution in [1.82, 2.24) is 51.5 Å². The molecule has 10 aliphatic rings. The molecule has 5 saturated heterocycles. The number of pyridine rings is 5. The second-order valence-corrected chi connectivity index (χ2v) is 36.6. The van der Waals surface area contributed by atoms with Crippen LogP contribution in [0.3, 0.4) is 0 Å². The molecule has 5 aromatic heterocycles. The lowest BCUT2D eigenvalue weighted by molar-refractivity contribution is -0.124. The summed E-state index contributed by atoms with van der Waals surface area (Å²) < 4.78 is 251. The Morgan fingerprint density at radius 2 is 0.587 bits per heavy atom. The van der Waals surface area contributed by atoms with Crippen LogP contribution in [0.5, 0.6) is 0 Å². The summed E-state index contributed by atoms with van der Waals surface area (Å²) in [7, 11) is 4.04. The van der Waals surface area contributed by atoms with Gasteiger partial charge in [-0.25, -0.2) is 22.0 Å². The number of aromatic nitrogens is 5. The third-order valence-corrected chi connectivity index (χ3v) is 28.4. The molecule has 10 amide bonds. The third kappa shape index (κ3) is 17.8. The maximum Gasteiger partial charge on any atom is 0.272 e. The van der Waals surface area contributed by atoms with E-state index in [4.69, 9.17) is 124 Å². The number of hydrogen-bond acceptors (Lipinski definition) is 20. The Balaban J connectivity index is 0.000000150. The first-order valence-corrected chi connectivity index (χ1v) is 47.0. The maximum absolute atomic E-state index is 15.2. The van der Waals surface area contributed by atoms with Gasteiger partial charge in [0, 0.05) is 77.2 Å². The van der Waals surface area contributed by atoms with Crippen molar-refractivity contribution in [3.8, 4) is 0 Å². The van der Waals surface area contributed by atoms with E-state index in [0.717, 1.165) is 77.1 Å². The fourth-order valence-corrected chi connectivity index (χ4v) is 20.4. The summed E-state index contributed by atoms with van der Waals surface area (Å²) in [5, 5.41) is 9.45. The Morgan fingerprint density at radius 1 is 0.333 bits per heavy atom. The van der Waals surface area contributed by atoms with Crippen LogP contribution < -0.4 is 75.6 Å². The minimum atomic E-state index is -2.93. The molecule has 5 aliphatic heterocycles. The van der Waals surface area contributed by atoms with Crippen LogP contribution in [0, 0.1) is 96.6 Å². The smallest absolute Gasteiger partial charge is 0.272 e. The average molecular weight is 2140 g/mol. The molecule has 10 fully saturated rings. The number of rotatable bonds is 15. The van der Waals surface area contributed by atoms with Gasteiger partial charge in [-0.2, -0.15) is 0 Å². The fourth-order valence-electron chi connectivity index (χ4n) is 18.2. The molecular formula is C105H90F5N25O10S5. The van der Waals surface area contributed by atoms with Crippen LogP contribution in [0.25, 0.3) is 24.2 Å². The van der Waals surface area contributed by atoms with Gasteiger partial charge in [-0.3, -0.25) is 72.4 Å². The zero-order valence-electron chi connectivity index (χ0n) is 102. The predicted octanol–water partition coefficient (Wildman–Crippen LogP) is 17.5. The first-order chi connectivity index (χ1) is 80.5. The van der Waals surface area contributed by atoms with E-state index in [-0.39, 0.29) is 177 Å². The molecule has 5 saturated carbocycles. The van der Waals surface area contributed by atoms with Gasteiger partial charge >= 0.3 is 0 Å². The number of hydrogen-bond donors (Lipinski definition) is 5. The van der Waals surface area contributed by atoms with Crippen LogP contribution in [0.2, 0.25) is 0 Å². The van der Waals surface area contributed by atoms with Crippen LogP contribution in [-0.2, 0) is 24.0 Å². The number of anilines is 10. The largest absolute Gasteiger partial charge is 0.360 e. The highest BCUT2D eigenvalue weighted by Crippen LogP contribution is 2.55. The lowest BCUT2D eigenvalue weighted by Gasteiger charge is -2.43. The van der Waals surface area contributed by atoms with E-state index in [9.17, 15) is 61.1 Å². The average Bonchev–Trinajstić information content (AvgIpc) is 1.47. The van der Waals surface area contributed by atoms with Crippen LogP contribution in [-0.4, -0.2) is 172 Å². The summed E-state index contributed by atoms with van der Waals surface area (Å²) in [5.74, 6) is -13.1. The topological polar surface area (TPSA) is 349 Å². The second kappa shape index (κ2) is 41.8. The van der Waals surface area contributed by atoms with Gasteiger partial charge in [0.1, 0.15) is 93.2 Å². The Bertz CT molecular complexity index is 9020. The maximum atomic E-state index is 15.2. The minimum Gasteiger partial charge on any atom is -0.360 e. The molecular weight excluding hydrogens is 2030 g/mol. The number of nitrogens with one attached hydrogen (secondary N) is 5. The van der Waals surface area contributed by atoms with Gasteiger partial charge in [0.25, 0.3) is 88.2 Å². The third-order valence-electron chi connectivity index (χ3n) is 26.5. The van der Waals surface area contributed by atoms with Gasteiger partial charge in [0.2, 0.25) is 0 Å². The summed E-state index contributed by atoms with van der Waals surface area (Å²) in [6.07, 6.45) is -0.835. The fraction of sp³-hybridized carbons (Fsp3) is 0.286. The molecule has 20 rings (SSSR count). The lowest BCUT2D eigenvalue weighted by atomic mass is 9.75. The molecule has 5 aliphatic carbocycles. The van der Waals surface area contributed by atoms with Crippen LogP contribution >= 0.6 is 61.1 Å². The van der Waals surface area contributed by atoms with E-state index in [1.54, 1.807) is 22.5 Å². The zero-order chi connectivity index (χ0) is 127. The summed E-state index contributed by atoms with van der Waals surface area (Å²) >= 11 is 27.8. The number of benzene rings is 5. The van der Waals surface area contributed by atoms with E-state index < -0.39 is 214 Å². The molecule has 0 radical (unpaired) electrons. The zero-order valence-corrected chi connectivity index (χ0v) is 83.7. The molecule has 150 heavy (non-hydrogen) atoms. The Morgan fingerprint density at radius 3 is 0.827 bits per heavy atom. The van der Waals surface area contributed by atoms with E-state index in [0.29, 0.717) is 69.0 Å². The number of thiocarbonyl (C=S) groups is 5. The highest BCUT2D eigenvalue weighted by atomic mass is 32.1. The van der Waals surface area contributed by atoms with Crippen molar-refractivity contribution in [3.63, 3.8) is 0 Å². The Labute approximate surface area is 915 Å². The van der Waals surface area contributed by atoms with Crippen molar-refractivity contribution < 1.29 is 100 Å². The number of amides is 10. The molecule has 35 nitrogen and oxygen atoms in total. The SMILES string of the molecule is [2H]C1([2H])CC2(C(=O)N(c3cnc([N+]#[C-])c(C)c3)C(=S)N2c2ccc(C(=O)NC)c(F)c2)C1([2H])[2H].[2H]c1cc(C(=O)NC([2H])([2H])[2H])c(F)c([2H])c1N1C(=S)N(c2c([2H])nc([N+]#[C-])c(C)c2[2H])C(=O)C12CCC2.[2H]c1cc(C(=O)NC)c(F)c([2H])c1N1C(=S)N(c2c([2H])nc([N+]#[C-])c(C)c2[2H])C(=O)C12CCC2.[2H]c1nc([N+]#[C-])c(C)c([2H])c1N1C(=O)C2(CCC2)N(c2ccc(C(=O)NC([2H])([2H])[2H])c(F)c2)C1=S.[2H]c1nc([N+]#[C-])c(C)c([2H])c1N1C(=O)C2(CCC2)N(c2ccc(C(=O)NC)c(F)c2)C1=S. The van der Waals surface area contributed by atoms with E-state index in [1.165, 1.54) is 101 Å². The van der Waals surface area contributed by atoms with Crippen molar-refractivity contribution in [2.45, 2.75) is 159 Å². The first-order valence-electron chi connectivity index (χ1n) is 56.0. The van der Waals surface area contributed by atoms with Gasteiger partial charge in [0.05, 0.1) is 67.2 Å². The molecule has 10 heterocycles. The van der Waals surface area contributed by atoms with Crippen molar-refractivity contribution in [2.24, 2.45) is 0 Å². The van der Waals surface area contributed by atoms with Crippen LogP contribution in [0.1, 0.15) is 206 Å². The number of carbonyl (C=O) groups excluding carboxylic acids is 10. The lowest BCUT2D eigenvalue weighted by Crippen LogP contribution is -2.55. The van der Waals surface area contributed by atoms with Crippen molar-refractivity contribution >= 4 is 232 Å². The second-order valence-electron chi connectivity index (χ2n) is 34.8.